The fourth-order valence-corrected chi connectivity index (χ4v) is 2.45. The summed E-state index contributed by atoms with van der Waals surface area (Å²) in [5, 5.41) is 0.614. The molecule has 1 heterocycles. The van der Waals surface area contributed by atoms with Gasteiger partial charge in [-0.15, -0.1) is 0 Å². The van der Waals surface area contributed by atoms with Gasteiger partial charge in [-0.25, -0.2) is 9.37 Å². The predicted octanol–water partition coefficient (Wildman–Crippen LogP) is 4.72. The van der Waals surface area contributed by atoms with Crippen LogP contribution in [0.2, 0.25) is 5.02 Å². The van der Waals surface area contributed by atoms with E-state index >= 15 is 0 Å². The van der Waals surface area contributed by atoms with Crippen LogP contribution in [0, 0.1) is 5.82 Å². The van der Waals surface area contributed by atoms with Gasteiger partial charge in [0.15, 0.2) is 0 Å². The fraction of sp³-hybridized carbons (Fsp3) is 0.0526. The Balaban J connectivity index is 1.98. The maximum absolute atomic E-state index is 14.0. The second-order valence-corrected chi connectivity index (χ2v) is 5.62. The molecular formula is C19H14ClFN2O. The number of rotatable bonds is 4. The first-order valence-electron chi connectivity index (χ1n) is 7.37. The highest BCUT2D eigenvalue weighted by Crippen LogP contribution is 2.20. The minimum atomic E-state index is -0.556. The number of anilines is 1. The Bertz CT molecular complexity index is 838. The minimum Gasteiger partial charge on any atom is -0.288 e. The topological polar surface area (TPSA) is 33.2 Å². The van der Waals surface area contributed by atoms with Crippen LogP contribution in [0.15, 0.2) is 72.9 Å². The molecule has 0 saturated carbocycles. The van der Waals surface area contributed by atoms with Crippen molar-refractivity contribution in [3.63, 3.8) is 0 Å². The van der Waals surface area contributed by atoms with Crippen LogP contribution >= 0.6 is 11.6 Å². The van der Waals surface area contributed by atoms with E-state index in [1.54, 1.807) is 48.7 Å². The molecule has 5 heteroatoms. The van der Waals surface area contributed by atoms with Gasteiger partial charge in [0.25, 0.3) is 5.91 Å². The van der Waals surface area contributed by atoms with E-state index in [1.807, 2.05) is 12.1 Å². The third kappa shape index (κ3) is 3.60. The summed E-state index contributed by atoms with van der Waals surface area (Å²) in [6.45, 7) is 0.265. The Morgan fingerprint density at radius 1 is 1.00 bits per heavy atom. The second kappa shape index (κ2) is 7.23. The van der Waals surface area contributed by atoms with Crippen LogP contribution in [-0.4, -0.2) is 10.9 Å². The molecular weight excluding hydrogens is 327 g/mol. The van der Waals surface area contributed by atoms with Gasteiger partial charge in [0, 0.05) is 11.2 Å². The minimum absolute atomic E-state index is 0.0112. The van der Waals surface area contributed by atoms with Gasteiger partial charge < -0.3 is 0 Å². The molecule has 2 aromatic carbocycles. The Morgan fingerprint density at radius 3 is 2.38 bits per heavy atom. The Hall–Kier alpha value is -2.72. The molecule has 120 valence electrons. The van der Waals surface area contributed by atoms with Crippen molar-refractivity contribution in [2.75, 3.05) is 4.90 Å². The van der Waals surface area contributed by atoms with Gasteiger partial charge in [0.2, 0.25) is 0 Å². The van der Waals surface area contributed by atoms with Gasteiger partial charge in [0.1, 0.15) is 11.6 Å². The fourth-order valence-electron chi connectivity index (χ4n) is 2.32. The Labute approximate surface area is 144 Å². The highest BCUT2D eigenvalue weighted by molar-refractivity contribution is 6.30. The van der Waals surface area contributed by atoms with Crippen molar-refractivity contribution in [2.45, 2.75) is 6.54 Å². The van der Waals surface area contributed by atoms with Crippen LogP contribution in [0.3, 0.4) is 0 Å². The Morgan fingerprint density at radius 2 is 1.71 bits per heavy atom. The molecule has 24 heavy (non-hydrogen) atoms. The average Bonchev–Trinajstić information content (AvgIpc) is 2.62. The van der Waals surface area contributed by atoms with Crippen LogP contribution in [0.1, 0.15) is 15.9 Å². The first-order valence-corrected chi connectivity index (χ1v) is 7.75. The third-order valence-electron chi connectivity index (χ3n) is 3.53. The van der Waals surface area contributed by atoms with Crippen molar-refractivity contribution in [3.05, 3.63) is 94.9 Å². The number of hydrogen-bond donors (Lipinski definition) is 0. The quantitative estimate of drug-likeness (QED) is 0.688. The van der Waals surface area contributed by atoms with Crippen LogP contribution in [0.4, 0.5) is 10.2 Å². The summed E-state index contributed by atoms with van der Waals surface area (Å²) in [5.41, 5.74) is 0.881. The summed E-state index contributed by atoms with van der Waals surface area (Å²) in [4.78, 5) is 18.5. The monoisotopic (exact) mass is 340 g/mol. The lowest BCUT2D eigenvalue weighted by atomic mass is 10.1. The highest BCUT2D eigenvalue weighted by Gasteiger charge is 2.21. The van der Waals surface area contributed by atoms with Crippen LogP contribution in [0.25, 0.3) is 0 Å². The number of aromatic nitrogens is 1. The number of pyridine rings is 1. The molecule has 1 aromatic heterocycles. The first kappa shape index (κ1) is 16.1. The van der Waals surface area contributed by atoms with E-state index in [1.165, 1.54) is 17.0 Å². The van der Waals surface area contributed by atoms with Crippen molar-refractivity contribution in [1.82, 2.24) is 4.98 Å². The molecule has 0 aliphatic carbocycles. The maximum atomic E-state index is 14.0. The zero-order valence-electron chi connectivity index (χ0n) is 12.7. The van der Waals surface area contributed by atoms with E-state index in [0.29, 0.717) is 10.8 Å². The number of hydrogen-bond acceptors (Lipinski definition) is 2. The van der Waals surface area contributed by atoms with E-state index in [0.717, 1.165) is 5.56 Å². The van der Waals surface area contributed by atoms with Gasteiger partial charge >= 0.3 is 0 Å². The van der Waals surface area contributed by atoms with Crippen LogP contribution in [-0.2, 0) is 6.54 Å². The molecule has 0 spiro atoms. The number of halogens is 2. The lowest BCUT2D eigenvalue weighted by molar-refractivity contribution is 0.0980. The van der Waals surface area contributed by atoms with Gasteiger partial charge in [-0.3, -0.25) is 9.69 Å². The summed E-state index contributed by atoms with van der Waals surface area (Å²) in [7, 11) is 0. The lowest BCUT2D eigenvalue weighted by Crippen LogP contribution is -2.31. The average molecular weight is 341 g/mol. The molecule has 0 aliphatic rings. The molecule has 0 radical (unpaired) electrons. The van der Waals surface area contributed by atoms with Gasteiger partial charge in [0.05, 0.1) is 12.1 Å². The molecule has 0 aliphatic heterocycles. The summed E-state index contributed by atoms with van der Waals surface area (Å²) in [6, 6.07) is 18.3. The van der Waals surface area contributed by atoms with Gasteiger partial charge in [-0.1, -0.05) is 41.9 Å². The number of nitrogens with zero attached hydrogens (tertiary/aromatic N) is 2. The largest absolute Gasteiger partial charge is 0.288 e. The molecule has 0 atom stereocenters. The molecule has 0 fully saturated rings. The van der Waals surface area contributed by atoms with Crippen molar-refractivity contribution in [3.8, 4) is 0 Å². The van der Waals surface area contributed by atoms with E-state index < -0.39 is 11.7 Å². The Kier molecular flexibility index (Phi) is 4.87. The zero-order valence-corrected chi connectivity index (χ0v) is 13.4. The van der Waals surface area contributed by atoms with E-state index in [9.17, 15) is 9.18 Å². The van der Waals surface area contributed by atoms with Crippen molar-refractivity contribution < 1.29 is 9.18 Å². The molecule has 3 nitrogen and oxygen atoms in total. The number of carbonyl (C=O) groups excluding carboxylic acids is 1. The third-order valence-corrected chi connectivity index (χ3v) is 3.78. The standard InChI is InChI=1S/C19H14ClFN2O/c20-15-10-8-14(9-11-15)13-23(18-7-3-4-12-22-18)19(24)16-5-1-2-6-17(16)21/h1-12H,13H2. The van der Waals surface area contributed by atoms with Crippen molar-refractivity contribution in [1.29, 1.82) is 0 Å². The lowest BCUT2D eigenvalue weighted by Gasteiger charge is -2.22. The number of carbonyl (C=O) groups is 1. The molecule has 1 amide bonds. The normalized spacial score (nSPS) is 10.4. The molecule has 3 rings (SSSR count). The van der Waals surface area contributed by atoms with Gasteiger partial charge in [-0.2, -0.15) is 0 Å². The molecule has 3 aromatic rings. The van der Waals surface area contributed by atoms with Crippen LogP contribution in [0.5, 0.6) is 0 Å². The molecule has 0 saturated heterocycles. The summed E-state index contributed by atoms with van der Waals surface area (Å²) in [5.74, 6) is -0.540. The van der Waals surface area contributed by atoms with Gasteiger partial charge in [-0.05, 0) is 42.0 Å². The summed E-state index contributed by atoms with van der Waals surface area (Å²) >= 11 is 5.90. The zero-order chi connectivity index (χ0) is 16.9. The number of amides is 1. The SMILES string of the molecule is O=C(c1ccccc1F)N(Cc1ccc(Cl)cc1)c1ccccn1. The van der Waals surface area contributed by atoms with Crippen molar-refractivity contribution in [2.24, 2.45) is 0 Å². The van der Waals surface area contributed by atoms with E-state index in [-0.39, 0.29) is 12.1 Å². The first-order chi connectivity index (χ1) is 11.6. The van der Waals surface area contributed by atoms with Crippen molar-refractivity contribution >= 4 is 23.3 Å². The molecule has 0 bridgehead atoms. The summed E-state index contributed by atoms with van der Waals surface area (Å²) < 4.78 is 14.0. The predicted molar refractivity (Wildman–Crippen MR) is 92.6 cm³/mol. The smallest absolute Gasteiger partial charge is 0.262 e. The molecule has 0 unspecified atom stereocenters. The second-order valence-electron chi connectivity index (χ2n) is 5.19. The highest BCUT2D eigenvalue weighted by atomic mass is 35.5. The van der Waals surface area contributed by atoms with Crippen LogP contribution < -0.4 is 4.90 Å². The number of benzene rings is 2. The van der Waals surface area contributed by atoms with E-state index in [4.69, 9.17) is 11.6 Å². The maximum Gasteiger partial charge on any atom is 0.262 e. The summed E-state index contributed by atoms with van der Waals surface area (Å²) in [6.07, 6.45) is 1.60. The molecule has 0 N–H and O–H groups in total. The van der Waals surface area contributed by atoms with E-state index in [2.05, 4.69) is 4.98 Å².